The largest absolute Gasteiger partial charge is 0.484 e. The minimum atomic E-state index is -0.597. The number of carbonyl (C=O) groups is 2. The molecule has 0 aromatic heterocycles. The van der Waals surface area contributed by atoms with E-state index in [1.807, 2.05) is 29.2 Å². The van der Waals surface area contributed by atoms with Gasteiger partial charge in [0.25, 0.3) is 5.91 Å². The summed E-state index contributed by atoms with van der Waals surface area (Å²) in [6.45, 7) is 3.47. The number of β-amino-alcohol motifs (C(OH)–C–C–N with tert-alkyl or cyclic N) is 1. The zero-order chi connectivity index (χ0) is 19.9. The Bertz CT molecular complexity index is 660. The first kappa shape index (κ1) is 20.6. The van der Waals surface area contributed by atoms with Gasteiger partial charge >= 0.3 is 0 Å². The van der Waals surface area contributed by atoms with Crippen molar-refractivity contribution in [3.63, 3.8) is 0 Å². The fraction of sp³-hybridized carbons (Fsp3) is 0.600. The predicted molar refractivity (Wildman–Crippen MR) is 103 cm³/mol. The molecule has 28 heavy (non-hydrogen) atoms. The smallest absolute Gasteiger partial charge is 0.260 e. The van der Waals surface area contributed by atoms with Crippen LogP contribution in [0.25, 0.3) is 0 Å². The van der Waals surface area contributed by atoms with Crippen LogP contribution in [0.2, 0.25) is 0 Å². The molecule has 0 saturated carbocycles. The van der Waals surface area contributed by atoms with E-state index in [0.717, 1.165) is 31.5 Å². The van der Waals surface area contributed by atoms with Gasteiger partial charge < -0.3 is 24.8 Å². The summed E-state index contributed by atoms with van der Waals surface area (Å²) < 4.78 is 10.4. The maximum Gasteiger partial charge on any atom is 0.260 e. The van der Waals surface area contributed by atoms with Gasteiger partial charge in [-0.2, -0.15) is 0 Å². The molecule has 2 amide bonds. The minimum absolute atomic E-state index is 0.00898. The van der Waals surface area contributed by atoms with Gasteiger partial charge in [0.1, 0.15) is 12.4 Å². The number of ether oxygens (including phenoxy) is 2. The van der Waals surface area contributed by atoms with E-state index >= 15 is 0 Å². The van der Waals surface area contributed by atoms with Crippen molar-refractivity contribution in [1.29, 1.82) is 0 Å². The van der Waals surface area contributed by atoms with Crippen LogP contribution in [0.1, 0.15) is 18.4 Å². The topological polar surface area (TPSA) is 91.3 Å². The Morgan fingerprint density at radius 3 is 2.54 bits per heavy atom. The lowest BCUT2D eigenvalue weighted by atomic mass is 10.2. The summed E-state index contributed by atoms with van der Waals surface area (Å²) in [5, 5.41) is 13.0. The number of amides is 2. The molecule has 154 valence electrons. The van der Waals surface area contributed by atoms with Crippen LogP contribution in [0.15, 0.2) is 24.3 Å². The van der Waals surface area contributed by atoms with E-state index in [0.29, 0.717) is 25.4 Å². The molecule has 2 N–H and O–H groups in total. The third-order valence-electron chi connectivity index (χ3n) is 5.14. The van der Waals surface area contributed by atoms with Crippen LogP contribution < -0.4 is 10.1 Å². The number of carbonyl (C=O) groups excluding carboxylic acids is 2. The number of methoxy groups -OCH3 is 1. The highest BCUT2D eigenvalue weighted by Crippen LogP contribution is 2.18. The van der Waals surface area contributed by atoms with Gasteiger partial charge in [0.15, 0.2) is 6.61 Å². The molecule has 0 aliphatic carbocycles. The van der Waals surface area contributed by atoms with Gasteiger partial charge in [0, 0.05) is 39.8 Å². The van der Waals surface area contributed by atoms with Crippen molar-refractivity contribution in [2.75, 3.05) is 46.5 Å². The molecule has 2 aliphatic rings. The number of hydrogen-bond acceptors (Lipinski definition) is 6. The number of rotatable bonds is 8. The molecule has 0 spiro atoms. The second kappa shape index (κ2) is 9.86. The monoisotopic (exact) mass is 391 g/mol. The van der Waals surface area contributed by atoms with E-state index in [1.54, 1.807) is 0 Å². The molecule has 1 aromatic rings. The molecule has 3 rings (SSSR count). The van der Waals surface area contributed by atoms with Crippen LogP contribution in [0, 0.1) is 0 Å². The van der Waals surface area contributed by atoms with Crippen LogP contribution in [-0.4, -0.2) is 85.4 Å². The second-order valence-electron chi connectivity index (χ2n) is 7.39. The first-order valence-corrected chi connectivity index (χ1v) is 9.73. The van der Waals surface area contributed by atoms with Crippen molar-refractivity contribution in [3.8, 4) is 5.75 Å². The Hall–Kier alpha value is -2.16. The summed E-state index contributed by atoms with van der Waals surface area (Å²) in [6, 6.07) is 7.34. The summed E-state index contributed by atoms with van der Waals surface area (Å²) in [6.07, 6.45) is 1.55. The molecule has 2 aliphatic heterocycles. The average Bonchev–Trinajstić information content (AvgIpc) is 3.32. The third-order valence-corrected chi connectivity index (χ3v) is 5.14. The molecule has 0 unspecified atom stereocenters. The van der Waals surface area contributed by atoms with Gasteiger partial charge in [-0.3, -0.25) is 14.5 Å². The van der Waals surface area contributed by atoms with E-state index < -0.39 is 6.10 Å². The van der Waals surface area contributed by atoms with Gasteiger partial charge in [-0.1, -0.05) is 12.1 Å². The van der Waals surface area contributed by atoms with Crippen LogP contribution in [0.3, 0.4) is 0 Å². The molecule has 0 bridgehead atoms. The number of aliphatic hydroxyl groups excluding tert-OH is 1. The lowest BCUT2D eigenvalue weighted by molar-refractivity contribution is -0.132. The number of likely N-dealkylation sites (tertiary alicyclic amines) is 2. The number of nitrogens with zero attached hydrogens (tertiary/aromatic N) is 2. The molecule has 1 aromatic carbocycles. The van der Waals surface area contributed by atoms with Gasteiger partial charge in [-0.15, -0.1) is 0 Å². The molecule has 8 heteroatoms. The SMILES string of the molecule is COCC(=O)N[C@@H]1CN(Cc2ccc(OCC(=O)N3CCCC3)cc2)C[C@H]1O. The molecular formula is C20H29N3O5. The molecule has 0 radical (unpaired) electrons. The zero-order valence-corrected chi connectivity index (χ0v) is 16.3. The zero-order valence-electron chi connectivity index (χ0n) is 16.3. The third kappa shape index (κ3) is 5.67. The Morgan fingerprint density at radius 2 is 1.86 bits per heavy atom. The summed E-state index contributed by atoms with van der Waals surface area (Å²) in [5.74, 6) is 0.482. The molecule has 2 saturated heterocycles. The molecule has 8 nitrogen and oxygen atoms in total. The maximum absolute atomic E-state index is 12.0. The first-order valence-electron chi connectivity index (χ1n) is 9.73. The van der Waals surface area contributed by atoms with Crippen LogP contribution >= 0.6 is 0 Å². The number of benzene rings is 1. The standard InChI is InChI=1S/C20H29N3O5/c1-27-13-19(25)21-17-11-22(12-18(17)24)10-15-4-6-16(7-5-15)28-14-20(26)23-8-2-3-9-23/h4-7,17-18,24H,2-3,8-14H2,1H3,(H,21,25)/t17-,18-/m1/s1. The Kier molecular flexibility index (Phi) is 7.24. The molecular weight excluding hydrogens is 362 g/mol. The van der Waals surface area contributed by atoms with E-state index in [-0.39, 0.29) is 31.1 Å². The van der Waals surface area contributed by atoms with Crippen molar-refractivity contribution >= 4 is 11.8 Å². The van der Waals surface area contributed by atoms with Crippen molar-refractivity contribution in [2.45, 2.75) is 31.5 Å². The highest BCUT2D eigenvalue weighted by atomic mass is 16.5. The fourth-order valence-electron chi connectivity index (χ4n) is 3.67. The Morgan fingerprint density at radius 1 is 1.14 bits per heavy atom. The second-order valence-corrected chi connectivity index (χ2v) is 7.39. The van der Waals surface area contributed by atoms with Crippen LogP contribution in [0.5, 0.6) is 5.75 Å². The summed E-state index contributed by atoms with van der Waals surface area (Å²) >= 11 is 0. The van der Waals surface area contributed by atoms with Gasteiger partial charge in [-0.05, 0) is 30.5 Å². The van der Waals surface area contributed by atoms with E-state index in [9.17, 15) is 14.7 Å². The summed E-state index contributed by atoms with van der Waals surface area (Å²) in [4.78, 5) is 27.6. The van der Waals surface area contributed by atoms with Crippen molar-refractivity contribution in [1.82, 2.24) is 15.1 Å². The molecule has 2 atom stereocenters. The van der Waals surface area contributed by atoms with Gasteiger partial charge in [-0.25, -0.2) is 0 Å². The number of nitrogens with one attached hydrogen (secondary N) is 1. The van der Waals surface area contributed by atoms with E-state index in [4.69, 9.17) is 9.47 Å². The lowest BCUT2D eigenvalue weighted by Crippen LogP contribution is -2.44. The normalized spacial score (nSPS) is 22.4. The van der Waals surface area contributed by atoms with Gasteiger partial charge in [0.05, 0.1) is 12.1 Å². The molecule has 2 fully saturated rings. The van der Waals surface area contributed by atoms with Crippen molar-refractivity contribution in [3.05, 3.63) is 29.8 Å². The number of aliphatic hydroxyl groups is 1. The van der Waals surface area contributed by atoms with Crippen LogP contribution in [0.4, 0.5) is 0 Å². The fourth-order valence-corrected chi connectivity index (χ4v) is 3.67. The summed E-state index contributed by atoms with van der Waals surface area (Å²) in [5.41, 5.74) is 1.08. The van der Waals surface area contributed by atoms with Gasteiger partial charge in [0.2, 0.25) is 5.91 Å². The minimum Gasteiger partial charge on any atom is -0.484 e. The Labute approximate surface area is 165 Å². The number of hydrogen-bond donors (Lipinski definition) is 2. The average molecular weight is 391 g/mol. The highest BCUT2D eigenvalue weighted by molar-refractivity contribution is 5.78. The van der Waals surface area contributed by atoms with E-state index in [1.165, 1.54) is 7.11 Å². The quantitative estimate of drug-likeness (QED) is 0.648. The lowest BCUT2D eigenvalue weighted by Gasteiger charge is -2.17. The van der Waals surface area contributed by atoms with Crippen molar-refractivity contribution in [2.24, 2.45) is 0 Å². The Balaban J connectivity index is 1.44. The summed E-state index contributed by atoms with van der Waals surface area (Å²) in [7, 11) is 1.46. The first-order chi connectivity index (χ1) is 13.5. The maximum atomic E-state index is 12.0. The van der Waals surface area contributed by atoms with Crippen molar-refractivity contribution < 1.29 is 24.2 Å². The molecule has 2 heterocycles. The van der Waals surface area contributed by atoms with Crippen LogP contribution in [-0.2, 0) is 20.9 Å². The van der Waals surface area contributed by atoms with E-state index in [2.05, 4.69) is 10.2 Å². The highest BCUT2D eigenvalue weighted by Gasteiger charge is 2.32. The predicted octanol–water partition coefficient (Wildman–Crippen LogP) is -0.00450.